The van der Waals surface area contributed by atoms with E-state index in [1.54, 1.807) is 22.9 Å². The number of aromatic nitrogens is 3. The van der Waals surface area contributed by atoms with Gasteiger partial charge in [0.15, 0.2) is 11.5 Å². The van der Waals surface area contributed by atoms with Crippen LogP contribution < -0.4 is 10.0 Å². The second kappa shape index (κ2) is 7.47. The first-order valence-corrected chi connectivity index (χ1v) is 12.2. The minimum Gasteiger partial charge on any atom is -0.349 e. The molecule has 3 aromatic heterocycles. The van der Waals surface area contributed by atoms with Gasteiger partial charge in [-0.05, 0) is 61.0 Å². The lowest BCUT2D eigenvalue weighted by Gasteiger charge is -2.09. The van der Waals surface area contributed by atoms with Crippen molar-refractivity contribution in [1.82, 2.24) is 20.5 Å². The van der Waals surface area contributed by atoms with Crippen molar-refractivity contribution in [3.63, 3.8) is 0 Å². The average Bonchev–Trinajstić information content (AvgIpc) is 3.23. The number of sulfonamides is 1. The highest BCUT2D eigenvalue weighted by atomic mass is 32.2. The second-order valence-electron chi connectivity index (χ2n) is 7.51. The van der Waals surface area contributed by atoms with E-state index in [9.17, 15) is 13.2 Å². The number of H-pyrrole nitrogens is 1. The number of carbonyl (C=O) groups is 1. The first kappa shape index (κ1) is 19.7. The summed E-state index contributed by atoms with van der Waals surface area (Å²) in [4.78, 5) is 17.2. The Morgan fingerprint density at radius 3 is 2.77 bits per heavy atom. The standard InChI is InChI=1S/C21H19N5O3S2/c1-12-2-3-13(21(27)22-14-4-5-14)10-17(12)18-7-6-16-19(23-18)24-25-20(16)26-31(28,29)15-8-9-30-11-15/h2-3,6-11,14H,4-5H2,1H3,(H,22,27)(H2,23,24,25,26). The molecule has 3 heterocycles. The van der Waals surface area contributed by atoms with Crippen molar-refractivity contribution in [3.05, 3.63) is 58.3 Å². The molecule has 0 aliphatic heterocycles. The summed E-state index contributed by atoms with van der Waals surface area (Å²) in [7, 11) is -3.71. The van der Waals surface area contributed by atoms with Crippen LogP contribution in [0.15, 0.2) is 52.1 Å². The zero-order chi connectivity index (χ0) is 21.6. The van der Waals surface area contributed by atoms with Crippen molar-refractivity contribution >= 4 is 44.1 Å². The Balaban J connectivity index is 1.46. The highest BCUT2D eigenvalue weighted by Crippen LogP contribution is 2.29. The van der Waals surface area contributed by atoms with Gasteiger partial charge in [-0.3, -0.25) is 14.6 Å². The first-order valence-electron chi connectivity index (χ1n) is 9.73. The smallest absolute Gasteiger partial charge is 0.263 e. The Labute approximate surface area is 182 Å². The molecule has 5 rings (SSSR count). The maximum absolute atomic E-state index is 12.5. The van der Waals surface area contributed by atoms with Gasteiger partial charge < -0.3 is 5.32 Å². The molecule has 8 nitrogen and oxygen atoms in total. The van der Waals surface area contributed by atoms with Crippen LogP contribution in [0.25, 0.3) is 22.3 Å². The summed E-state index contributed by atoms with van der Waals surface area (Å²) in [6, 6.07) is 10.9. The van der Waals surface area contributed by atoms with Crippen molar-refractivity contribution in [2.75, 3.05) is 4.72 Å². The van der Waals surface area contributed by atoms with Crippen molar-refractivity contribution in [1.29, 1.82) is 0 Å². The van der Waals surface area contributed by atoms with Crippen molar-refractivity contribution in [2.45, 2.75) is 30.7 Å². The molecular formula is C21H19N5O3S2. The van der Waals surface area contributed by atoms with Crippen LogP contribution in [0.5, 0.6) is 0 Å². The quantitative estimate of drug-likeness (QED) is 0.412. The van der Waals surface area contributed by atoms with Gasteiger partial charge in [-0.25, -0.2) is 13.4 Å². The fraction of sp³-hybridized carbons (Fsp3) is 0.190. The molecule has 0 radical (unpaired) electrons. The molecule has 1 aliphatic rings. The van der Waals surface area contributed by atoms with Gasteiger partial charge in [0, 0.05) is 22.5 Å². The molecule has 0 bridgehead atoms. The summed E-state index contributed by atoms with van der Waals surface area (Å²) in [6.45, 7) is 1.96. The van der Waals surface area contributed by atoms with E-state index in [4.69, 9.17) is 0 Å². The largest absolute Gasteiger partial charge is 0.349 e. The molecule has 10 heteroatoms. The van der Waals surface area contributed by atoms with E-state index in [2.05, 4.69) is 25.2 Å². The molecule has 31 heavy (non-hydrogen) atoms. The van der Waals surface area contributed by atoms with Crippen molar-refractivity contribution in [2.24, 2.45) is 0 Å². The van der Waals surface area contributed by atoms with Gasteiger partial charge in [-0.2, -0.15) is 16.4 Å². The summed E-state index contributed by atoms with van der Waals surface area (Å²) in [5.41, 5.74) is 3.52. The third-order valence-electron chi connectivity index (χ3n) is 5.15. The lowest BCUT2D eigenvalue weighted by atomic mass is 10.0. The number of amides is 1. The van der Waals surface area contributed by atoms with Crippen LogP contribution >= 0.6 is 11.3 Å². The van der Waals surface area contributed by atoms with Crippen LogP contribution in [0.4, 0.5) is 5.82 Å². The zero-order valence-corrected chi connectivity index (χ0v) is 18.2. The number of hydrogen-bond donors (Lipinski definition) is 3. The molecule has 1 amide bonds. The van der Waals surface area contributed by atoms with Gasteiger partial charge in [0.2, 0.25) is 0 Å². The van der Waals surface area contributed by atoms with Crippen LogP contribution in [0, 0.1) is 6.92 Å². The van der Waals surface area contributed by atoms with E-state index in [0.717, 1.165) is 24.0 Å². The van der Waals surface area contributed by atoms with Gasteiger partial charge in [0.25, 0.3) is 15.9 Å². The van der Waals surface area contributed by atoms with Crippen molar-refractivity contribution < 1.29 is 13.2 Å². The summed E-state index contributed by atoms with van der Waals surface area (Å²) >= 11 is 1.31. The minimum absolute atomic E-state index is 0.0866. The van der Waals surface area contributed by atoms with E-state index in [-0.39, 0.29) is 22.7 Å². The van der Waals surface area contributed by atoms with Crippen LogP contribution in [-0.4, -0.2) is 35.5 Å². The Morgan fingerprint density at radius 1 is 1.19 bits per heavy atom. The van der Waals surface area contributed by atoms with Crippen molar-refractivity contribution in [3.8, 4) is 11.3 Å². The number of aromatic amines is 1. The summed E-state index contributed by atoms with van der Waals surface area (Å²) < 4.78 is 27.5. The van der Waals surface area contributed by atoms with Gasteiger partial charge in [0.1, 0.15) is 0 Å². The van der Waals surface area contributed by atoms with E-state index in [0.29, 0.717) is 22.3 Å². The first-order chi connectivity index (χ1) is 14.9. The normalized spacial score (nSPS) is 14.0. The molecule has 1 aliphatic carbocycles. The third-order valence-corrected chi connectivity index (χ3v) is 7.32. The molecule has 4 aromatic rings. The molecule has 0 spiro atoms. The topological polar surface area (TPSA) is 117 Å². The number of hydrogen-bond acceptors (Lipinski definition) is 6. The summed E-state index contributed by atoms with van der Waals surface area (Å²) in [6.07, 6.45) is 2.06. The number of pyridine rings is 1. The molecule has 3 N–H and O–H groups in total. The number of benzene rings is 1. The zero-order valence-electron chi connectivity index (χ0n) is 16.5. The monoisotopic (exact) mass is 453 g/mol. The average molecular weight is 454 g/mol. The van der Waals surface area contributed by atoms with E-state index < -0.39 is 10.0 Å². The maximum atomic E-state index is 12.5. The summed E-state index contributed by atoms with van der Waals surface area (Å²) in [5.74, 6) is 0.103. The number of fused-ring (bicyclic) bond motifs is 1. The summed E-state index contributed by atoms with van der Waals surface area (Å²) in [5, 5.41) is 13.7. The van der Waals surface area contributed by atoms with Crippen LogP contribution in [-0.2, 0) is 10.0 Å². The number of rotatable bonds is 6. The third kappa shape index (κ3) is 3.91. The fourth-order valence-electron chi connectivity index (χ4n) is 3.26. The highest BCUT2D eigenvalue weighted by molar-refractivity contribution is 7.92. The second-order valence-corrected chi connectivity index (χ2v) is 9.97. The maximum Gasteiger partial charge on any atom is 0.263 e. The van der Waals surface area contributed by atoms with E-state index in [1.165, 1.54) is 17.4 Å². The van der Waals surface area contributed by atoms with Crippen LogP contribution in [0.3, 0.4) is 0 Å². The fourth-order valence-corrected chi connectivity index (χ4v) is 5.31. The number of anilines is 1. The molecule has 158 valence electrons. The number of carbonyl (C=O) groups excluding carboxylic acids is 1. The Bertz CT molecular complexity index is 1390. The number of thiophene rings is 1. The highest BCUT2D eigenvalue weighted by Gasteiger charge is 2.24. The van der Waals surface area contributed by atoms with Gasteiger partial charge in [-0.15, -0.1) is 0 Å². The number of nitrogens with one attached hydrogen (secondary N) is 3. The van der Waals surface area contributed by atoms with Gasteiger partial charge >= 0.3 is 0 Å². The predicted octanol–water partition coefficient (Wildman–Crippen LogP) is 3.69. The van der Waals surface area contributed by atoms with E-state index >= 15 is 0 Å². The van der Waals surface area contributed by atoms with E-state index in [1.807, 2.05) is 25.1 Å². The molecule has 1 saturated carbocycles. The molecule has 1 fully saturated rings. The molecule has 0 unspecified atom stereocenters. The van der Waals surface area contributed by atoms with Gasteiger partial charge in [0.05, 0.1) is 16.0 Å². The Kier molecular flexibility index (Phi) is 4.75. The Hall–Kier alpha value is -3.24. The Morgan fingerprint density at radius 2 is 2.03 bits per heavy atom. The molecular weight excluding hydrogens is 434 g/mol. The number of aryl methyl sites for hydroxylation is 1. The van der Waals surface area contributed by atoms with Crippen LogP contribution in [0.2, 0.25) is 0 Å². The molecule has 0 saturated heterocycles. The number of nitrogens with zero attached hydrogens (tertiary/aromatic N) is 2. The van der Waals surface area contributed by atoms with Crippen LogP contribution in [0.1, 0.15) is 28.8 Å². The molecule has 0 atom stereocenters. The SMILES string of the molecule is Cc1ccc(C(=O)NC2CC2)cc1-c1ccc2c(NS(=O)(=O)c3ccsc3)n[nH]c2n1. The minimum atomic E-state index is -3.71. The lowest BCUT2D eigenvalue weighted by Crippen LogP contribution is -2.25. The van der Waals surface area contributed by atoms with Gasteiger partial charge in [-0.1, -0.05) is 6.07 Å². The lowest BCUT2D eigenvalue weighted by molar-refractivity contribution is 0.0951. The molecule has 1 aromatic carbocycles. The predicted molar refractivity (Wildman–Crippen MR) is 120 cm³/mol.